The van der Waals surface area contributed by atoms with Gasteiger partial charge >= 0.3 is 0 Å². The van der Waals surface area contributed by atoms with Crippen LogP contribution >= 0.6 is 0 Å². The van der Waals surface area contributed by atoms with Crippen LogP contribution in [-0.4, -0.2) is 10.8 Å². The summed E-state index contributed by atoms with van der Waals surface area (Å²) < 4.78 is 40.0. The maximum Gasteiger partial charge on any atom is 0.196 e. The normalized spacial score (nSPS) is 10.8. The van der Waals surface area contributed by atoms with Gasteiger partial charge in [-0.2, -0.15) is 0 Å². The first-order valence-electron chi connectivity index (χ1n) is 6.10. The van der Waals surface area contributed by atoms with Crippen LogP contribution in [0.15, 0.2) is 48.8 Å². The monoisotopic (exact) mass is 287 g/mol. The molecule has 0 fully saturated rings. The third-order valence-electron chi connectivity index (χ3n) is 3.21. The van der Waals surface area contributed by atoms with E-state index in [1.807, 2.05) is 0 Å². The number of halogens is 3. The van der Waals surface area contributed by atoms with Crippen molar-refractivity contribution in [3.63, 3.8) is 0 Å². The van der Waals surface area contributed by atoms with E-state index in [-0.39, 0.29) is 5.56 Å². The standard InChI is InChI=1S/C16H8F3NO/c17-13-5-4-11(14(18)15(13)19)16(21)10-3-1-2-9-6-7-20-8-12(9)10/h1-8H. The van der Waals surface area contributed by atoms with E-state index in [0.29, 0.717) is 5.39 Å². The Hall–Kier alpha value is -2.69. The molecule has 1 aromatic heterocycles. The van der Waals surface area contributed by atoms with Gasteiger partial charge in [-0.05, 0) is 23.6 Å². The summed E-state index contributed by atoms with van der Waals surface area (Å²) in [5.74, 6) is -5.19. The van der Waals surface area contributed by atoms with Crippen molar-refractivity contribution in [2.24, 2.45) is 0 Å². The van der Waals surface area contributed by atoms with Crippen LogP contribution in [0, 0.1) is 17.5 Å². The molecule has 2 aromatic carbocycles. The number of nitrogens with zero attached hydrogens (tertiary/aromatic N) is 1. The summed E-state index contributed by atoms with van der Waals surface area (Å²) in [5.41, 5.74) is -0.323. The molecule has 0 aliphatic heterocycles. The number of benzene rings is 2. The van der Waals surface area contributed by atoms with Crippen molar-refractivity contribution in [1.29, 1.82) is 0 Å². The highest BCUT2D eigenvalue weighted by Gasteiger charge is 2.21. The molecular formula is C16H8F3NO. The van der Waals surface area contributed by atoms with Gasteiger partial charge in [0, 0.05) is 23.3 Å². The van der Waals surface area contributed by atoms with Crippen LogP contribution in [0.5, 0.6) is 0 Å². The molecule has 2 nitrogen and oxygen atoms in total. The number of rotatable bonds is 2. The van der Waals surface area contributed by atoms with E-state index in [2.05, 4.69) is 4.98 Å². The van der Waals surface area contributed by atoms with E-state index in [1.165, 1.54) is 12.3 Å². The highest BCUT2D eigenvalue weighted by Crippen LogP contribution is 2.23. The summed E-state index contributed by atoms with van der Waals surface area (Å²) in [4.78, 5) is 16.3. The molecule has 0 spiro atoms. The van der Waals surface area contributed by atoms with Crippen LogP contribution < -0.4 is 0 Å². The van der Waals surface area contributed by atoms with Gasteiger partial charge in [-0.1, -0.05) is 18.2 Å². The number of carbonyl (C=O) groups excluding carboxylic acids is 1. The Morgan fingerprint density at radius 1 is 0.905 bits per heavy atom. The van der Waals surface area contributed by atoms with Crippen molar-refractivity contribution in [2.75, 3.05) is 0 Å². The first kappa shape index (κ1) is 13.3. The molecule has 3 rings (SSSR count). The summed E-state index contributed by atoms with van der Waals surface area (Å²) in [5, 5.41) is 1.27. The van der Waals surface area contributed by atoms with E-state index < -0.39 is 28.8 Å². The maximum atomic E-state index is 13.7. The first-order valence-corrected chi connectivity index (χ1v) is 6.10. The third-order valence-corrected chi connectivity index (χ3v) is 3.21. The van der Waals surface area contributed by atoms with Crippen molar-refractivity contribution in [3.8, 4) is 0 Å². The average Bonchev–Trinajstić information content (AvgIpc) is 2.51. The van der Waals surface area contributed by atoms with Gasteiger partial charge in [0.15, 0.2) is 23.2 Å². The molecule has 0 amide bonds. The van der Waals surface area contributed by atoms with Crippen molar-refractivity contribution in [3.05, 3.63) is 77.4 Å². The van der Waals surface area contributed by atoms with Crippen molar-refractivity contribution in [2.45, 2.75) is 0 Å². The van der Waals surface area contributed by atoms with Crippen LogP contribution in [-0.2, 0) is 0 Å². The van der Waals surface area contributed by atoms with Crippen LogP contribution in [0.2, 0.25) is 0 Å². The number of ketones is 1. The van der Waals surface area contributed by atoms with Gasteiger partial charge in [0.05, 0.1) is 5.56 Å². The molecule has 0 N–H and O–H groups in total. The van der Waals surface area contributed by atoms with Gasteiger partial charge in [-0.3, -0.25) is 9.78 Å². The molecule has 5 heteroatoms. The summed E-state index contributed by atoms with van der Waals surface area (Å²) in [7, 11) is 0. The summed E-state index contributed by atoms with van der Waals surface area (Å²) in [6.45, 7) is 0. The van der Waals surface area contributed by atoms with E-state index in [4.69, 9.17) is 0 Å². The number of fused-ring (bicyclic) bond motifs is 1. The lowest BCUT2D eigenvalue weighted by atomic mass is 9.98. The zero-order valence-electron chi connectivity index (χ0n) is 10.6. The summed E-state index contributed by atoms with van der Waals surface area (Å²) in [6.07, 6.45) is 3.04. The average molecular weight is 287 g/mol. The zero-order chi connectivity index (χ0) is 15.0. The first-order chi connectivity index (χ1) is 10.1. The topological polar surface area (TPSA) is 30.0 Å². The molecule has 0 unspecified atom stereocenters. The van der Waals surface area contributed by atoms with Crippen molar-refractivity contribution >= 4 is 16.6 Å². The Morgan fingerprint density at radius 3 is 2.52 bits per heavy atom. The number of hydrogen-bond donors (Lipinski definition) is 0. The largest absolute Gasteiger partial charge is 0.288 e. The van der Waals surface area contributed by atoms with Gasteiger partial charge < -0.3 is 0 Å². The number of hydrogen-bond acceptors (Lipinski definition) is 2. The molecule has 0 atom stereocenters. The SMILES string of the molecule is O=C(c1ccc(F)c(F)c1F)c1cccc2ccncc12. The number of carbonyl (C=O) groups is 1. The predicted molar refractivity (Wildman–Crippen MR) is 71.5 cm³/mol. The maximum absolute atomic E-state index is 13.7. The van der Waals surface area contributed by atoms with Crippen LogP contribution in [0.4, 0.5) is 13.2 Å². The Kier molecular flexibility index (Phi) is 3.17. The van der Waals surface area contributed by atoms with E-state index in [1.54, 1.807) is 24.4 Å². The van der Waals surface area contributed by atoms with Crippen LogP contribution in [0.25, 0.3) is 10.8 Å². The molecule has 0 saturated heterocycles. The minimum Gasteiger partial charge on any atom is -0.288 e. The fourth-order valence-electron chi connectivity index (χ4n) is 2.16. The van der Waals surface area contributed by atoms with Gasteiger partial charge in [0.2, 0.25) is 0 Å². The highest BCUT2D eigenvalue weighted by molar-refractivity contribution is 6.16. The highest BCUT2D eigenvalue weighted by atomic mass is 19.2. The smallest absolute Gasteiger partial charge is 0.196 e. The lowest BCUT2D eigenvalue weighted by Crippen LogP contribution is -2.08. The number of aromatic nitrogens is 1. The number of pyridine rings is 1. The molecule has 0 radical (unpaired) electrons. The molecule has 21 heavy (non-hydrogen) atoms. The van der Waals surface area contributed by atoms with Crippen LogP contribution in [0.3, 0.4) is 0 Å². The molecule has 3 aromatic rings. The molecular weight excluding hydrogens is 279 g/mol. The fraction of sp³-hybridized carbons (Fsp3) is 0. The second-order valence-corrected chi connectivity index (χ2v) is 4.45. The minimum atomic E-state index is -1.65. The van der Waals surface area contributed by atoms with Crippen LogP contribution in [0.1, 0.15) is 15.9 Å². The van der Waals surface area contributed by atoms with E-state index in [0.717, 1.165) is 17.5 Å². The second-order valence-electron chi connectivity index (χ2n) is 4.45. The molecule has 104 valence electrons. The zero-order valence-corrected chi connectivity index (χ0v) is 10.6. The Bertz CT molecular complexity index is 856. The lowest BCUT2D eigenvalue weighted by molar-refractivity contribution is 0.103. The van der Waals surface area contributed by atoms with Gasteiger partial charge in [0.1, 0.15) is 0 Å². The Balaban J connectivity index is 2.20. The molecule has 1 heterocycles. The fourth-order valence-corrected chi connectivity index (χ4v) is 2.16. The minimum absolute atomic E-state index is 0.186. The molecule has 0 bridgehead atoms. The van der Waals surface area contributed by atoms with E-state index >= 15 is 0 Å². The Labute approximate surface area is 117 Å². The quantitative estimate of drug-likeness (QED) is 0.529. The van der Waals surface area contributed by atoms with Gasteiger partial charge in [-0.15, -0.1) is 0 Å². The van der Waals surface area contributed by atoms with Gasteiger partial charge in [-0.25, -0.2) is 13.2 Å². The summed E-state index contributed by atoms with van der Waals surface area (Å²) in [6, 6.07) is 8.27. The lowest BCUT2D eigenvalue weighted by Gasteiger charge is -2.07. The van der Waals surface area contributed by atoms with E-state index in [9.17, 15) is 18.0 Å². The van der Waals surface area contributed by atoms with Crippen molar-refractivity contribution < 1.29 is 18.0 Å². The van der Waals surface area contributed by atoms with Gasteiger partial charge in [0.25, 0.3) is 0 Å². The second kappa shape index (κ2) is 5.01. The predicted octanol–water partition coefficient (Wildman–Crippen LogP) is 3.88. The Morgan fingerprint density at radius 2 is 1.71 bits per heavy atom. The summed E-state index contributed by atoms with van der Waals surface area (Å²) >= 11 is 0. The molecule has 0 aliphatic carbocycles. The van der Waals surface area contributed by atoms with Crippen molar-refractivity contribution in [1.82, 2.24) is 4.98 Å². The molecule has 0 aliphatic rings. The molecule has 0 saturated carbocycles. The third kappa shape index (κ3) is 2.16.